The molecule has 0 aliphatic carbocycles. The van der Waals surface area contributed by atoms with E-state index < -0.39 is 21.6 Å². The van der Waals surface area contributed by atoms with E-state index in [0.29, 0.717) is 57.2 Å². The van der Waals surface area contributed by atoms with Gasteiger partial charge in [0.1, 0.15) is 5.75 Å². The van der Waals surface area contributed by atoms with E-state index in [1.54, 1.807) is 19.9 Å². The maximum absolute atomic E-state index is 14.5. The van der Waals surface area contributed by atoms with Gasteiger partial charge in [0, 0.05) is 18.8 Å². The molecule has 0 aromatic heterocycles. The molecule has 0 radical (unpaired) electrons. The molecule has 37 heavy (non-hydrogen) atoms. The minimum absolute atomic E-state index is 0.0273. The smallest absolute Gasteiger partial charge is 0.333 e. The van der Waals surface area contributed by atoms with E-state index in [1.165, 1.54) is 42.5 Å². The quantitative estimate of drug-likeness (QED) is 0.161. The lowest BCUT2D eigenvalue weighted by molar-refractivity contribution is -0.138. The molecule has 0 aliphatic rings. The molecule has 0 atom stereocenters. The van der Waals surface area contributed by atoms with Gasteiger partial charge in [-0.3, -0.25) is 0 Å². The summed E-state index contributed by atoms with van der Waals surface area (Å²) in [7, 11) is -3.50. The topological polar surface area (TPSA) is 97.4 Å². The van der Waals surface area contributed by atoms with Crippen LogP contribution >= 0.6 is 0 Å². The highest BCUT2D eigenvalue weighted by Gasteiger charge is 2.15. The van der Waals surface area contributed by atoms with Crippen molar-refractivity contribution >= 4 is 21.9 Å². The van der Waals surface area contributed by atoms with Gasteiger partial charge >= 0.3 is 5.97 Å². The van der Waals surface area contributed by atoms with Crippen LogP contribution in [-0.2, 0) is 33.6 Å². The van der Waals surface area contributed by atoms with Gasteiger partial charge in [-0.2, -0.15) is 0 Å². The Bertz CT molecular complexity index is 1110. The zero-order chi connectivity index (χ0) is 27.1. The Hall–Kier alpha value is -2.79. The monoisotopic (exact) mass is 538 g/mol. The molecule has 2 aromatic rings. The van der Waals surface area contributed by atoms with Crippen molar-refractivity contribution in [3.8, 4) is 11.5 Å². The highest BCUT2D eigenvalue weighted by Crippen LogP contribution is 2.27. The molecule has 0 saturated carbocycles. The predicted octanol–water partition coefficient (Wildman–Crippen LogP) is 4.82. The van der Waals surface area contributed by atoms with Crippen molar-refractivity contribution in [2.45, 2.75) is 32.1 Å². The number of ether oxygens (including phenoxy) is 5. The molecule has 204 valence electrons. The van der Waals surface area contributed by atoms with Crippen LogP contribution in [0.25, 0.3) is 6.08 Å². The molecule has 2 aromatic carbocycles. The van der Waals surface area contributed by atoms with Crippen LogP contribution in [0.1, 0.15) is 32.8 Å². The van der Waals surface area contributed by atoms with Crippen LogP contribution in [0.5, 0.6) is 11.5 Å². The number of sulfone groups is 1. The first-order valence-corrected chi connectivity index (χ1v) is 13.8. The number of hydrogen-bond acceptors (Lipinski definition) is 8. The van der Waals surface area contributed by atoms with Crippen LogP contribution in [0.2, 0.25) is 0 Å². The minimum atomic E-state index is -3.50. The lowest BCUT2D eigenvalue weighted by atomic mass is 10.1. The van der Waals surface area contributed by atoms with Crippen molar-refractivity contribution in [3.63, 3.8) is 0 Å². The van der Waals surface area contributed by atoms with Gasteiger partial charge in [-0.15, -0.1) is 0 Å². The van der Waals surface area contributed by atoms with Crippen LogP contribution in [0, 0.1) is 5.82 Å². The van der Waals surface area contributed by atoms with E-state index in [0.717, 1.165) is 0 Å². The summed E-state index contributed by atoms with van der Waals surface area (Å²) in [6.07, 6.45) is 1.87. The third kappa shape index (κ3) is 11.0. The summed E-state index contributed by atoms with van der Waals surface area (Å²) in [5.41, 5.74) is 0.829. The third-order valence-electron chi connectivity index (χ3n) is 5.00. The van der Waals surface area contributed by atoms with Crippen LogP contribution in [-0.4, -0.2) is 66.4 Å². The molecule has 0 bridgehead atoms. The average Bonchev–Trinajstić information content (AvgIpc) is 2.87. The molecule has 0 unspecified atom stereocenters. The summed E-state index contributed by atoms with van der Waals surface area (Å²) in [5, 5.41) is 0. The fraction of sp³-hybridized carbons (Fsp3) is 0.444. The molecule has 0 amide bonds. The van der Waals surface area contributed by atoms with E-state index >= 15 is 0 Å². The second-order valence-electron chi connectivity index (χ2n) is 7.91. The maximum atomic E-state index is 14.5. The standard InChI is InChI=1S/C27H35FO8S/c1-4-32-14-15-34-17-16-33-13-6-18-37(30,31)24-10-8-23(9-11-24)36-26-12-7-22(20-25(26)28)19-21(3)27(29)35-5-2/h7-12,19-20H,4-6,13-18H2,1-3H3/b21-19+. The van der Waals surface area contributed by atoms with Crippen LogP contribution in [0.4, 0.5) is 4.39 Å². The van der Waals surface area contributed by atoms with Crippen molar-refractivity contribution < 1.29 is 41.3 Å². The molecule has 8 nitrogen and oxygen atoms in total. The summed E-state index contributed by atoms with van der Waals surface area (Å²) in [4.78, 5) is 11.9. The van der Waals surface area contributed by atoms with Gasteiger partial charge in [0.05, 0.1) is 43.7 Å². The average molecular weight is 539 g/mol. The fourth-order valence-corrected chi connectivity index (χ4v) is 4.42. The largest absolute Gasteiger partial charge is 0.463 e. The summed E-state index contributed by atoms with van der Waals surface area (Å²) in [6, 6.07) is 10.1. The Kier molecular flexibility index (Phi) is 13.3. The van der Waals surface area contributed by atoms with E-state index in [1.807, 2.05) is 6.92 Å². The molecule has 0 N–H and O–H groups in total. The van der Waals surface area contributed by atoms with Crippen molar-refractivity contribution in [1.29, 1.82) is 0 Å². The van der Waals surface area contributed by atoms with Crippen molar-refractivity contribution in [2.24, 2.45) is 0 Å². The molecular weight excluding hydrogens is 503 g/mol. The normalized spacial score (nSPS) is 11.9. The summed E-state index contributed by atoms with van der Waals surface area (Å²) in [6.45, 7) is 8.26. The lowest BCUT2D eigenvalue weighted by Crippen LogP contribution is -2.12. The van der Waals surface area contributed by atoms with Crippen LogP contribution < -0.4 is 4.74 Å². The molecule has 0 aliphatic heterocycles. The Labute approximate surface area is 218 Å². The number of esters is 1. The van der Waals surface area contributed by atoms with Crippen LogP contribution in [0.3, 0.4) is 0 Å². The highest BCUT2D eigenvalue weighted by molar-refractivity contribution is 7.91. The number of carbonyl (C=O) groups excluding carboxylic acids is 1. The van der Waals surface area contributed by atoms with Gasteiger partial charge in [0.2, 0.25) is 0 Å². The Morgan fingerprint density at radius 1 is 0.892 bits per heavy atom. The third-order valence-corrected chi connectivity index (χ3v) is 6.81. The SMILES string of the molecule is CCOCCOCCOCCCS(=O)(=O)c1ccc(Oc2ccc(/C=C(\C)C(=O)OCC)cc2F)cc1. The second kappa shape index (κ2) is 16.1. The van der Waals surface area contributed by atoms with Crippen LogP contribution in [0.15, 0.2) is 52.9 Å². The minimum Gasteiger partial charge on any atom is -0.463 e. The fourth-order valence-electron chi connectivity index (χ4n) is 3.14. The van der Waals surface area contributed by atoms with E-state index in [4.69, 9.17) is 23.7 Å². The summed E-state index contributed by atoms with van der Waals surface area (Å²) in [5.74, 6) is -0.892. The van der Waals surface area contributed by atoms with E-state index in [-0.39, 0.29) is 28.8 Å². The Balaban J connectivity index is 1.83. The van der Waals surface area contributed by atoms with E-state index in [2.05, 4.69) is 0 Å². The second-order valence-corrected chi connectivity index (χ2v) is 10.0. The van der Waals surface area contributed by atoms with Gasteiger partial charge in [0.15, 0.2) is 21.4 Å². The molecule has 0 spiro atoms. The molecular formula is C27H35FO8S. The summed E-state index contributed by atoms with van der Waals surface area (Å²) < 4.78 is 66.1. The first kappa shape index (κ1) is 30.4. The summed E-state index contributed by atoms with van der Waals surface area (Å²) >= 11 is 0. The number of rotatable bonds is 17. The molecule has 0 heterocycles. The number of benzene rings is 2. The number of halogens is 1. The first-order chi connectivity index (χ1) is 17.8. The predicted molar refractivity (Wildman–Crippen MR) is 138 cm³/mol. The van der Waals surface area contributed by atoms with Gasteiger partial charge in [-0.25, -0.2) is 17.6 Å². The van der Waals surface area contributed by atoms with Gasteiger partial charge in [0.25, 0.3) is 0 Å². The molecule has 0 fully saturated rings. The molecule has 10 heteroatoms. The lowest BCUT2D eigenvalue weighted by Gasteiger charge is -2.10. The number of carbonyl (C=O) groups is 1. The van der Waals surface area contributed by atoms with E-state index in [9.17, 15) is 17.6 Å². The Morgan fingerprint density at radius 3 is 2.16 bits per heavy atom. The molecule has 0 saturated heterocycles. The zero-order valence-electron chi connectivity index (χ0n) is 21.5. The zero-order valence-corrected chi connectivity index (χ0v) is 22.4. The highest BCUT2D eigenvalue weighted by atomic mass is 32.2. The van der Waals surface area contributed by atoms with Crippen molar-refractivity contribution in [2.75, 3.05) is 52.0 Å². The van der Waals surface area contributed by atoms with Crippen molar-refractivity contribution in [1.82, 2.24) is 0 Å². The maximum Gasteiger partial charge on any atom is 0.333 e. The van der Waals surface area contributed by atoms with Gasteiger partial charge < -0.3 is 23.7 Å². The van der Waals surface area contributed by atoms with Crippen molar-refractivity contribution in [3.05, 3.63) is 59.4 Å². The Morgan fingerprint density at radius 2 is 1.54 bits per heavy atom. The van der Waals surface area contributed by atoms with Gasteiger partial charge in [-0.05, 0) is 75.2 Å². The first-order valence-electron chi connectivity index (χ1n) is 12.2. The molecule has 2 rings (SSSR count). The number of hydrogen-bond donors (Lipinski definition) is 0. The van der Waals surface area contributed by atoms with Gasteiger partial charge in [-0.1, -0.05) is 6.07 Å².